The molecule has 0 spiro atoms. The molecule has 42 heavy (non-hydrogen) atoms. The van der Waals surface area contributed by atoms with Gasteiger partial charge in [-0.2, -0.15) is 4.39 Å². The zero-order valence-corrected chi connectivity index (χ0v) is 22.8. The van der Waals surface area contributed by atoms with Gasteiger partial charge < -0.3 is 15.4 Å². The number of aromatic nitrogens is 3. The average Bonchev–Trinajstić information content (AvgIpc) is 3.00. The van der Waals surface area contributed by atoms with E-state index in [1.165, 1.54) is 36.7 Å². The second-order valence-corrected chi connectivity index (χ2v) is 11.3. The Balaban J connectivity index is 1.35. The summed E-state index contributed by atoms with van der Waals surface area (Å²) in [6, 6.07) is 12.4. The highest BCUT2D eigenvalue weighted by Crippen LogP contribution is 2.34. The lowest BCUT2D eigenvalue weighted by Crippen LogP contribution is -2.44. The third-order valence-corrected chi connectivity index (χ3v) is 8.03. The van der Waals surface area contributed by atoms with Gasteiger partial charge in [0.15, 0.2) is 11.6 Å². The van der Waals surface area contributed by atoms with Crippen LogP contribution in [0.5, 0.6) is 11.6 Å². The van der Waals surface area contributed by atoms with Crippen molar-refractivity contribution in [3.8, 4) is 22.9 Å². The van der Waals surface area contributed by atoms with Gasteiger partial charge in [0, 0.05) is 55.6 Å². The minimum absolute atomic E-state index is 0.102. The number of piperidine rings is 1. The highest BCUT2D eigenvalue weighted by atomic mass is 32.2. The van der Waals surface area contributed by atoms with Gasteiger partial charge in [-0.15, -0.1) is 0 Å². The zero-order chi connectivity index (χ0) is 29.7. The zero-order valence-electron chi connectivity index (χ0n) is 22.0. The standard InChI is InChI=1S/C28H26F4N6O3S/c29-13-17-11-18(15-33-14-17)37-28-35-10-8-23(38-28)20-7-4-9-34-27(20)41-24-12-22(30)21(25(31)26(24)32)16-36-42(39,40)19-5-2-1-3-6-19/h1-10,12,17-18,33,36H,11,13-16H2,(H,35,37,38)/t17-,18-/m0/s1. The molecule has 0 aliphatic carbocycles. The van der Waals surface area contributed by atoms with Crippen molar-refractivity contribution in [3.63, 3.8) is 0 Å². The maximum absolute atomic E-state index is 15.1. The lowest BCUT2D eigenvalue weighted by atomic mass is 9.97. The van der Waals surface area contributed by atoms with E-state index in [0.29, 0.717) is 31.3 Å². The minimum atomic E-state index is -4.10. The quantitative estimate of drug-likeness (QED) is 0.178. The summed E-state index contributed by atoms with van der Waals surface area (Å²) in [5.41, 5.74) is -0.208. The first kappa shape index (κ1) is 29.4. The molecule has 0 unspecified atom stereocenters. The van der Waals surface area contributed by atoms with Crippen molar-refractivity contribution in [3.05, 3.63) is 90.0 Å². The largest absolute Gasteiger partial charge is 0.435 e. The van der Waals surface area contributed by atoms with Crippen LogP contribution >= 0.6 is 0 Å². The van der Waals surface area contributed by atoms with Crippen LogP contribution in [0.4, 0.5) is 23.5 Å². The Bertz CT molecular complexity index is 1660. The summed E-state index contributed by atoms with van der Waals surface area (Å²) < 4.78 is 90.5. The second kappa shape index (κ2) is 12.8. The normalized spacial score (nSPS) is 17.1. The van der Waals surface area contributed by atoms with Gasteiger partial charge in [0.2, 0.25) is 27.7 Å². The van der Waals surface area contributed by atoms with E-state index in [1.54, 1.807) is 24.3 Å². The van der Waals surface area contributed by atoms with Crippen LogP contribution in [0.3, 0.4) is 0 Å². The van der Waals surface area contributed by atoms with Crippen molar-refractivity contribution in [1.82, 2.24) is 25.0 Å². The van der Waals surface area contributed by atoms with Gasteiger partial charge in [0.25, 0.3) is 0 Å². The molecule has 9 nitrogen and oxygen atoms in total. The summed E-state index contributed by atoms with van der Waals surface area (Å²) in [5, 5.41) is 6.33. The van der Waals surface area contributed by atoms with Crippen molar-refractivity contribution >= 4 is 16.0 Å². The first-order valence-electron chi connectivity index (χ1n) is 13.0. The Morgan fingerprint density at radius 3 is 2.57 bits per heavy atom. The van der Waals surface area contributed by atoms with Crippen LogP contribution in [0.1, 0.15) is 12.0 Å². The molecule has 0 radical (unpaired) electrons. The summed E-state index contributed by atoms with van der Waals surface area (Å²) in [6.45, 7) is -0.0792. The molecule has 0 bridgehead atoms. The lowest BCUT2D eigenvalue weighted by molar-refractivity contribution is 0.282. The number of nitrogens with one attached hydrogen (secondary N) is 3. The van der Waals surface area contributed by atoms with Crippen molar-refractivity contribution < 1.29 is 30.7 Å². The monoisotopic (exact) mass is 602 g/mol. The molecule has 2 aromatic heterocycles. The van der Waals surface area contributed by atoms with Gasteiger partial charge >= 0.3 is 0 Å². The Labute approximate surface area is 239 Å². The number of ether oxygens (including phenoxy) is 1. The van der Waals surface area contributed by atoms with E-state index in [-0.39, 0.29) is 34.2 Å². The third kappa shape index (κ3) is 6.66. The van der Waals surface area contributed by atoms with Crippen molar-refractivity contribution in [2.45, 2.75) is 23.9 Å². The molecule has 1 aliphatic heterocycles. The molecule has 14 heteroatoms. The van der Waals surface area contributed by atoms with Crippen molar-refractivity contribution in [1.29, 1.82) is 0 Å². The lowest BCUT2D eigenvalue weighted by Gasteiger charge is -2.29. The molecule has 4 aromatic rings. The maximum Gasteiger partial charge on any atom is 0.240 e. The third-order valence-electron chi connectivity index (χ3n) is 6.61. The fourth-order valence-electron chi connectivity index (χ4n) is 4.49. The van der Waals surface area contributed by atoms with Crippen LogP contribution in [0.15, 0.2) is 71.9 Å². The van der Waals surface area contributed by atoms with Crippen LogP contribution in [0.25, 0.3) is 11.3 Å². The molecular formula is C28H26F4N6O3S. The van der Waals surface area contributed by atoms with Gasteiger partial charge in [0.05, 0.1) is 22.8 Å². The van der Waals surface area contributed by atoms with Crippen molar-refractivity contribution in [2.75, 3.05) is 25.1 Å². The first-order chi connectivity index (χ1) is 20.2. The van der Waals surface area contributed by atoms with Crippen molar-refractivity contribution in [2.24, 2.45) is 5.92 Å². The number of hydrogen-bond donors (Lipinski definition) is 3. The Morgan fingerprint density at radius 2 is 1.79 bits per heavy atom. The molecule has 1 fully saturated rings. The second-order valence-electron chi connectivity index (χ2n) is 9.58. The minimum Gasteiger partial charge on any atom is -0.435 e. The number of hydrogen-bond acceptors (Lipinski definition) is 8. The number of rotatable bonds is 10. The molecule has 0 saturated carbocycles. The number of halogens is 4. The molecule has 1 aliphatic rings. The molecule has 220 valence electrons. The average molecular weight is 603 g/mol. The van der Waals surface area contributed by atoms with Gasteiger partial charge in [-0.05, 0) is 36.8 Å². The summed E-state index contributed by atoms with van der Waals surface area (Å²) in [5.74, 6) is -5.20. The summed E-state index contributed by atoms with van der Waals surface area (Å²) in [7, 11) is -4.10. The van der Waals surface area contributed by atoms with Gasteiger partial charge in [0.1, 0.15) is 5.82 Å². The van der Waals surface area contributed by atoms with Crippen LogP contribution in [0.2, 0.25) is 0 Å². The first-order valence-corrected chi connectivity index (χ1v) is 14.4. The fraction of sp³-hybridized carbons (Fsp3) is 0.250. The van der Waals surface area contributed by atoms with E-state index >= 15 is 4.39 Å². The van der Waals surface area contributed by atoms with Crippen LogP contribution in [-0.4, -0.2) is 49.2 Å². The molecule has 3 N–H and O–H groups in total. The fourth-order valence-corrected chi connectivity index (χ4v) is 5.50. The number of benzene rings is 2. The van der Waals surface area contributed by atoms with Gasteiger partial charge in [-0.25, -0.2) is 36.9 Å². The van der Waals surface area contributed by atoms with E-state index in [9.17, 15) is 21.6 Å². The number of nitrogens with zero attached hydrogens (tertiary/aromatic N) is 3. The highest BCUT2D eigenvalue weighted by molar-refractivity contribution is 7.89. The van der Waals surface area contributed by atoms with Gasteiger partial charge in [-0.3, -0.25) is 4.39 Å². The predicted octanol–water partition coefficient (Wildman–Crippen LogP) is 4.59. The number of sulfonamides is 1. The molecule has 2 atom stereocenters. The summed E-state index contributed by atoms with van der Waals surface area (Å²) in [4.78, 5) is 12.6. The molecule has 5 rings (SSSR count). The molecule has 0 amide bonds. The topological polar surface area (TPSA) is 118 Å². The van der Waals surface area contributed by atoms with Crippen LogP contribution < -0.4 is 20.1 Å². The number of anilines is 1. The van der Waals surface area contributed by atoms with Crippen LogP contribution in [0, 0.1) is 23.4 Å². The van der Waals surface area contributed by atoms with E-state index in [1.807, 2.05) is 0 Å². The molecular weight excluding hydrogens is 576 g/mol. The SMILES string of the molecule is O=S(=O)(NCc1c(F)cc(Oc2ncccc2-c2ccnc(N[C@@H]3CNC[C@H](CF)C3)n2)c(F)c1F)c1ccccc1. The Morgan fingerprint density at radius 1 is 0.976 bits per heavy atom. The van der Waals surface area contributed by atoms with Gasteiger partial charge in [-0.1, -0.05) is 18.2 Å². The summed E-state index contributed by atoms with van der Waals surface area (Å²) in [6.07, 6.45) is 3.43. The Hall–Kier alpha value is -4.14. The molecule has 3 heterocycles. The van der Waals surface area contributed by atoms with Crippen LogP contribution in [-0.2, 0) is 16.6 Å². The molecule has 1 saturated heterocycles. The summed E-state index contributed by atoms with van der Waals surface area (Å²) >= 11 is 0. The van der Waals surface area contributed by atoms with E-state index in [2.05, 4.69) is 30.3 Å². The smallest absolute Gasteiger partial charge is 0.240 e. The molecule has 2 aromatic carbocycles. The van der Waals surface area contributed by atoms with E-state index in [0.717, 1.165) is 0 Å². The predicted molar refractivity (Wildman–Crippen MR) is 146 cm³/mol. The highest BCUT2D eigenvalue weighted by Gasteiger charge is 2.25. The Kier molecular flexibility index (Phi) is 8.94. The number of pyridine rings is 1. The maximum atomic E-state index is 15.1. The van der Waals surface area contributed by atoms with E-state index < -0.39 is 52.0 Å². The number of alkyl halides is 1. The van der Waals surface area contributed by atoms with E-state index in [4.69, 9.17) is 4.74 Å².